The van der Waals surface area contributed by atoms with Crippen LogP contribution in [0.2, 0.25) is 0 Å². The molecule has 1 aliphatic heterocycles. The second-order valence-electron chi connectivity index (χ2n) is 5.53. The molecule has 1 heterocycles. The molecule has 0 radical (unpaired) electrons. The van der Waals surface area contributed by atoms with Gasteiger partial charge in [-0.2, -0.15) is 0 Å². The van der Waals surface area contributed by atoms with Crippen LogP contribution in [0.4, 0.5) is 0 Å². The number of hydrogen-bond acceptors (Lipinski definition) is 4. The maximum absolute atomic E-state index is 12.1. The highest BCUT2D eigenvalue weighted by atomic mass is 79.9. The highest BCUT2D eigenvalue weighted by molar-refractivity contribution is 9.10. The Balaban J connectivity index is 1.79. The SMILES string of the molecule is CC1CS(=O)(=O)CCN1CCCC(=O)c1ccc(Br)cc1. The van der Waals surface area contributed by atoms with Gasteiger partial charge in [0.25, 0.3) is 0 Å². The lowest BCUT2D eigenvalue weighted by atomic mass is 10.1. The van der Waals surface area contributed by atoms with Gasteiger partial charge in [0.1, 0.15) is 0 Å². The first-order valence-corrected chi connectivity index (χ1v) is 9.72. The first-order valence-electron chi connectivity index (χ1n) is 7.10. The van der Waals surface area contributed by atoms with Crippen molar-refractivity contribution in [2.45, 2.75) is 25.8 Å². The number of halogens is 1. The minimum absolute atomic E-state index is 0.0477. The van der Waals surface area contributed by atoms with Crippen LogP contribution in [0.25, 0.3) is 0 Å². The minimum Gasteiger partial charge on any atom is -0.299 e. The van der Waals surface area contributed by atoms with Crippen molar-refractivity contribution in [2.24, 2.45) is 0 Å². The van der Waals surface area contributed by atoms with Crippen LogP contribution >= 0.6 is 15.9 Å². The van der Waals surface area contributed by atoms with E-state index >= 15 is 0 Å². The number of carbonyl (C=O) groups excluding carboxylic acids is 1. The fourth-order valence-corrected chi connectivity index (χ4v) is 4.48. The van der Waals surface area contributed by atoms with E-state index in [9.17, 15) is 13.2 Å². The number of ketones is 1. The van der Waals surface area contributed by atoms with Gasteiger partial charge in [-0.3, -0.25) is 9.69 Å². The van der Waals surface area contributed by atoms with Gasteiger partial charge >= 0.3 is 0 Å². The number of nitrogens with zero attached hydrogens (tertiary/aromatic N) is 1. The van der Waals surface area contributed by atoms with Crippen molar-refractivity contribution in [1.82, 2.24) is 4.90 Å². The average molecular weight is 374 g/mol. The van der Waals surface area contributed by atoms with Gasteiger partial charge in [0, 0.05) is 29.0 Å². The van der Waals surface area contributed by atoms with Crippen LogP contribution in [0.15, 0.2) is 28.7 Å². The van der Waals surface area contributed by atoms with Gasteiger partial charge in [0.2, 0.25) is 0 Å². The molecule has 6 heteroatoms. The van der Waals surface area contributed by atoms with Crippen molar-refractivity contribution in [3.63, 3.8) is 0 Å². The van der Waals surface area contributed by atoms with Crippen LogP contribution < -0.4 is 0 Å². The first kappa shape index (κ1) is 16.6. The molecule has 21 heavy (non-hydrogen) atoms. The van der Waals surface area contributed by atoms with E-state index in [0.717, 1.165) is 23.0 Å². The molecule has 2 rings (SSSR count). The van der Waals surface area contributed by atoms with Gasteiger partial charge < -0.3 is 0 Å². The summed E-state index contributed by atoms with van der Waals surface area (Å²) in [7, 11) is -2.87. The Hall–Kier alpha value is -0.720. The van der Waals surface area contributed by atoms with Crippen LogP contribution in [0.3, 0.4) is 0 Å². The lowest BCUT2D eigenvalue weighted by Crippen LogP contribution is -2.47. The Bertz CT molecular complexity index is 598. The Labute approximate surface area is 134 Å². The summed E-state index contributed by atoms with van der Waals surface area (Å²) < 4.78 is 24.0. The normalized spacial score (nSPS) is 22.1. The van der Waals surface area contributed by atoms with Crippen molar-refractivity contribution in [3.05, 3.63) is 34.3 Å². The van der Waals surface area contributed by atoms with E-state index in [1.807, 2.05) is 31.2 Å². The lowest BCUT2D eigenvalue weighted by molar-refractivity contribution is 0.0972. The van der Waals surface area contributed by atoms with Crippen molar-refractivity contribution in [1.29, 1.82) is 0 Å². The van der Waals surface area contributed by atoms with Gasteiger partial charge in [-0.25, -0.2) is 8.42 Å². The Morgan fingerprint density at radius 3 is 2.62 bits per heavy atom. The minimum atomic E-state index is -2.87. The molecule has 1 atom stereocenters. The molecule has 116 valence electrons. The first-order chi connectivity index (χ1) is 9.87. The number of carbonyl (C=O) groups is 1. The molecular formula is C15H20BrNO3S. The molecule has 0 bridgehead atoms. The smallest absolute Gasteiger partial charge is 0.162 e. The summed E-state index contributed by atoms with van der Waals surface area (Å²) in [6.07, 6.45) is 1.26. The van der Waals surface area contributed by atoms with E-state index in [1.165, 1.54) is 0 Å². The molecule has 0 N–H and O–H groups in total. The molecule has 1 unspecified atom stereocenters. The predicted octanol–water partition coefficient (Wildman–Crippen LogP) is 2.53. The van der Waals surface area contributed by atoms with Crippen LogP contribution in [-0.4, -0.2) is 49.7 Å². The molecule has 0 amide bonds. The molecule has 1 aromatic rings. The number of hydrogen-bond donors (Lipinski definition) is 0. The van der Waals surface area contributed by atoms with E-state index in [0.29, 0.717) is 13.0 Å². The summed E-state index contributed by atoms with van der Waals surface area (Å²) >= 11 is 3.35. The standard InChI is InChI=1S/C15H20BrNO3S/c1-12-11-21(19,20)10-9-17(12)8-2-3-15(18)13-4-6-14(16)7-5-13/h4-7,12H,2-3,8-11H2,1H3. The molecule has 0 aliphatic carbocycles. The van der Waals surface area contributed by atoms with E-state index in [2.05, 4.69) is 20.8 Å². The highest BCUT2D eigenvalue weighted by Crippen LogP contribution is 2.15. The topological polar surface area (TPSA) is 54.5 Å². The fraction of sp³-hybridized carbons (Fsp3) is 0.533. The second kappa shape index (κ2) is 7.03. The Kier molecular flexibility index (Phi) is 5.57. The second-order valence-corrected chi connectivity index (χ2v) is 8.68. The third-order valence-corrected chi connectivity index (χ3v) is 6.15. The lowest BCUT2D eigenvalue weighted by Gasteiger charge is -2.32. The van der Waals surface area contributed by atoms with Crippen molar-refractivity contribution in [2.75, 3.05) is 24.6 Å². The molecule has 1 aliphatic rings. The summed E-state index contributed by atoms with van der Waals surface area (Å²) in [5.41, 5.74) is 0.729. The van der Waals surface area contributed by atoms with Gasteiger partial charge in [-0.1, -0.05) is 28.1 Å². The Morgan fingerprint density at radius 1 is 1.33 bits per heavy atom. The maximum atomic E-state index is 12.1. The van der Waals surface area contributed by atoms with Crippen LogP contribution in [0.1, 0.15) is 30.1 Å². The number of rotatable bonds is 5. The number of sulfone groups is 1. The molecule has 4 nitrogen and oxygen atoms in total. The fourth-order valence-electron chi connectivity index (χ4n) is 2.59. The predicted molar refractivity (Wildman–Crippen MR) is 87.4 cm³/mol. The molecule has 1 aromatic carbocycles. The van der Waals surface area contributed by atoms with Crippen molar-refractivity contribution >= 4 is 31.6 Å². The average Bonchev–Trinajstić information content (AvgIpc) is 2.41. The van der Waals surface area contributed by atoms with Gasteiger partial charge in [-0.15, -0.1) is 0 Å². The molecule has 0 saturated carbocycles. The van der Waals surface area contributed by atoms with Crippen molar-refractivity contribution < 1.29 is 13.2 Å². The third-order valence-electron chi connectivity index (χ3n) is 3.82. The molecule has 0 aromatic heterocycles. The molecular weight excluding hydrogens is 354 g/mol. The Morgan fingerprint density at radius 2 is 2.00 bits per heavy atom. The van der Waals surface area contributed by atoms with Crippen molar-refractivity contribution in [3.8, 4) is 0 Å². The van der Waals surface area contributed by atoms with Crippen LogP contribution in [-0.2, 0) is 9.84 Å². The van der Waals surface area contributed by atoms with Gasteiger partial charge in [0.15, 0.2) is 15.6 Å². The zero-order chi connectivity index (χ0) is 15.5. The zero-order valence-corrected chi connectivity index (χ0v) is 14.5. The summed E-state index contributed by atoms with van der Waals surface area (Å²) in [6, 6.07) is 7.42. The van der Waals surface area contributed by atoms with E-state index in [1.54, 1.807) is 0 Å². The van der Waals surface area contributed by atoms with E-state index < -0.39 is 9.84 Å². The number of benzene rings is 1. The maximum Gasteiger partial charge on any atom is 0.162 e. The quantitative estimate of drug-likeness (QED) is 0.744. The zero-order valence-electron chi connectivity index (χ0n) is 12.1. The monoisotopic (exact) mass is 373 g/mol. The number of Topliss-reactive ketones (excluding diaryl/α,β-unsaturated/α-hetero) is 1. The summed E-state index contributed by atoms with van der Waals surface area (Å²) in [4.78, 5) is 14.2. The molecule has 1 fully saturated rings. The molecule has 1 saturated heterocycles. The third kappa shape index (κ3) is 4.90. The van der Waals surface area contributed by atoms with E-state index in [-0.39, 0.29) is 23.3 Å². The summed E-state index contributed by atoms with van der Waals surface area (Å²) in [5, 5.41) is 0. The van der Waals surface area contributed by atoms with Crippen LogP contribution in [0.5, 0.6) is 0 Å². The summed E-state index contributed by atoms with van der Waals surface area (Å²) in [6.45, 7) is 3.29. The van der Waals surface area contributed by atoms with Gasteiger partial charge in [-0.05, 0) is 32.0 Å². The summed E-state index contributed by atoms with van der Waals surface area (Å²) in [5.74, 6) is 0.603. The van der Waals surface area contributed by atoms with Crippen LogP contribution in [0, 0.1) is 0 Å². The highest BCUT2D eigenvalue weighted by Gasteiger charge is 2.27. The van der Waals surface area contributed by atoms with Gasteiger partial charge in [0.05, 0.1) is 11.5 Å². The largest absolute Gasteiger partial charge is 0.299 e. The van der Waals surface area contributed by atoms with E-state index in [4.69, 9.17) is 0 Å². The molecule has 0 spiro atoms.